The molecule has 0 heterocycles. The van der Waals surface area contributed by atoms with Crippen molar-refractivity contribution in [2.24, 2.45) is 16.8 Å². The molecule has 156 valence electrons. The molecule has 1 unspecified atom stereocenters. The van der Waals surface area contributed by atoms with Crippen molar-refractivity contribution in [3.8, 4) is 5.75 Å². The molecular weight excluding hydrogens is 366 g/mol. The highest BCUT2D eigenvalue weighted by Gasteiger charge is 2.26. The zero-order valence-corrected chi connectivity index (χ0v) is 16.8. The molecule has 0 aromatic heterocycles. The van der Waals surface area contributed by atoms with E-state index in [4.69, 9.17) is 20.4 Å². The van der Waals surface area contributed by atoms with Crippen LogP contribution in [0.5, 0.6) is 5.75 Å². The van der Waals surface area contributed by atoms with Crippen LogP contribution in [0.2, 0.25) is 0 Å². The summed E-state index contributed by atoms with van der Waals surface area (Å²) in [5.41, 5.74) is 6.19. The molecule has 0 aliphatic rings. The van der Waals surface area contributed by atoms with Gasteiger partial charge in [0.25, 0.3) is 0 Å². The summed E-state index contributed by atoms with van der Waals surface area (Å²) in [5.74, 6) is 0.337. The van der Waals surface area contributed by atoms with Crippen molar-refractivity contribution in [1.82, 2.24) is 4.90 Å². The molecule has 1 aromatic carbocycles. The average molecular weight is 395 g/mol. The van der Waals surface area contributed by atoms with Crippen molar-refractivity contribution in [3.63, 3.8) is 0 Å². The Morgan fingerprint density at radius 2 is 1.86 bits per heavy atom. The van der Waals surface area contributed by atoms with Crippen LogP contribution in [0.1, 0.15) is 38.8 Å². The summed E-state index contributed by atoms with van der Waals surface area (Å²) in [4.78, 5) is 25.5. The first-order valence-electron chi connectivity index (χ1n) is 8.97. The van der Waals surface area contributed by atoms with Gasteiger partial charge in [-0.2, -0.15) is 0 Å². The monoisotopic (exact) mass is 395 g/mol. The Morgan fingerprint density at radius 1 is 1.21 bits per heavy atom. The van der Waals surface area contributed by atoms with E-state index < -0.39 is 18.1 Å². The SMILES string of the molecule is COC(=O)CN(C(=O)OCC(C)C)C(C)c1ccc(OCC/C(N)=N/O)cc1. The second kappa shape index (κ2) is 11.7. The minimum Gasteiger partial charge on any atom is -0.493 e. The number of amidine groups is 1. The normalized spacial score (nSPS) is 12.4. The number of nitrogens with zero attached hydrogens (tertiary/aromatic N) is 2. The third-order valence-electron chi connectivity index (χ3n) is 3.89. The number of hydrogen-bond acceptors (Lipinski definition) is 7. The Morgan fingerprint density at radius 3 is 2.39 bits per heavy atom. The van der Waals surface area contributed by atoms with E-state index in [-0.39, 0.29) is 31.5 Å². The van der Waals surface area contributed by atoms with Gasteiger partial charge >= 0.3 is 12.1 Å². The first-order chi connectivity index (χ1) is 13.3. The molecule has 0 spiro atoms. The van der Waals surface area contributed by atoms with Crippen molar-refractivity contribution in [1.29, 1.82) is 0 Å². The van der Waals surface area contributed by atoms with Crippen LogP contribution in [-0.2, 0) is 14.3 Å². The highest BCUT2D eigenvalue weighted by molar-refractivity contribution is 5.79. The molecule has 3 N–H and O–H groups in total. The van der Waals surface area contributed by atoms with E-state index in [9.17, 15) is 9.59 Å². The number of carbonyl (C=O) groups is 2. The van der Waals surface area contributed by atoms with Crippen molar-refractivity contribution >= 4 is 17.9 Å². The van der Waals surface area contributed by atoms with Crippen LogP contribution >= 0.6 is 0 Å². The minimum atomic E-state index is -0.578. The average Bonchev–Trinajstić information content (AvgIpc) is 2.69. The first-order valence-corrected chi connectivity index (χ1v) is 8.97. The number of carbonyl (C=O) groups excluding carboxylic acids is 2. The zero-order valence-electron chi connectivity index (χ0n) is 16.8. The van der Waals surface area contributed by atoms with Gasteiger partial charge in [-0.15, -0.1) is 0 Å². The van der Waals surface area contributed by atoms with Crippen LogP contribution in [-0.4, -0.2) is 54.9 Å². The van der Waals surface area contributed by atoms with Gasteiger partial charge in [-0.05, 0) is 30.5 Å². The maximum atomic E-state index is 12.4. The lowest BCUT2D eigenvalue weighted by atomic mass is 10.1. The lowest BCUT2D eigenvalue weighted by molar-refractivity contribution is -0.142. The fourth-order valence-electron chi connectivity index (χ4n) is 2.23. The molecular formula is C19H29N3O6. The van der Waals surface area contributed by atoms with Crippen molar-refractivity contribution in [2.45, 2.75) is 33.2 Å². The van der Waals surface area contributed by atoms with Crippen LogP contribution in [0.25, 0.3) is 0 Å². The Balaban J connectivity index is 2.81. The summed E-state index contributed by atoms with van der Waals surface area (Å²) in [7, 11) is 1.27. The van der Waals surface area contributed by atoms with E-state index >= 15 is 0 Å². The van der Waals surface area contributed by atoms with Gasteiger partial charge in [-0.1, -0.05) is 31.1 Å². The topological polar surface area (TPSA) is 124 Å². The van der Waals surface area contributed by atoms with Crippen LogP contribution in [0.4, 0.5) is 4.79 Å². The molecule has 0 aliphatic carbocycles. The number of benzene rings is 1. The van der Waals surface area contributed by atoms with Gasteiger partial charge in [0.1, 0.15) is 18.1 Å². The summed E-state index contributed by atoms with van der Waals surface area (Å²) in [6, 6.07) is 6.67. The number of ether oxygens (including phenoxy) is 3. The van der Waals surface area contributed by atoms with Crippen LogP contribution in [0.3, 0.4) is 0 Å². The predicted molar refractivity (Wildman–Crippen MR) is 103 cm³/mol. The summed E-state index contributed by atoms with van der Waals surface area (Å²) >= 11 is 0. The number of rotatable bonds is 10. The smallest absolute Gasteiger partial charge is 0.410 e. The van der Waals surface area contributed by atoms with E-state index in [1.165, 1.54) is 12.0 Å². The number of oxime groups is 1. The summed E-state index contributed by atoms with van der Waals surface area (Å²) < 4.78 is 15.5. The number of hydrogen-bond donors (Lipinski definition) is 2. The molecule has 1 aromatic rings. The summed E-state index contributed by atoms with van der Waals surface area (Å²) in [6.45, 7) is 5.97. The maximum Gasteiger partial charge on any atom is 0.410 e. The molecule has 28 heavy (non-hydrogen) atoms. The van der Waals surface area contributed by atoms with Gasteiger partial charge in [0, 0.05) is 6.42 Å². The van der Waals surface area contributed by atoms with Crippen molar-refractivity contribution in [3.05, 3.63) is 29.8 Å². The Hall–Kier alpha value is -2.97. The minimum absolute atomic E-state index is 0.0867. The molecule has 0 saturated carbocycles. The lowest BCUT2D eigenvalue weighted by Gasteiger charge is -2.28. The molecule has 1 rings (SSSR count). The summed E-state index contributed by atoms with van der Waals surface area (Å²) in [6.07, 6.45) is -0.283. The zero-order chi connectivity index (χ0) is 21.1. The second-order valence-electron chi connectivity index (χ2n) is 6.61. The lowest BCUT2D eigenvalue weighted by Crippen LogP contribution is -2.39. The fraction of sp³-hybridized carbons (Fsp3) is 0.526. The second-order valence-corrected chi connectivity index (χ2v) is 6.61. The number of amides is 1. The van der Waals surface area contributed by atoms with E-state index in [0.717, 1.165) is 5.56 Å². The molecule has 1 amide bonds. The largest absolute Gasteiger partial charge is 0.493 e. The molecule has 9 heteroatoms. The fourth-order valence-corrected chi connectivity index (χ4v) is 2.23. The number of nitrogens with two attached hydrogens (primary N) is 1. The third-order valence-corrected chi connectivity index (χ3v) is 3.89. The Bertz CT molecular complexity index is 660. The highest BCUT2D eigenvalue weighted by atomic mass is 16.6. The van der Waals surface area contributed by atoms with Crippen LogP contribution in [0, 0.1) is 5.92 Å². The van der Waals surface area contributed by atoms with E-state index in [1.807, 2.05) is 13.8 Å². The molecule has 9 nitrogen and oxygen atoms in total. The van der Waals surface area contributed by atoms with Gasteiger partial charge in [-0.25, -0.2) is 4.79 Å². The van der Waals surface area contributed by atoms with Crippen LogP contribution < -0.4 is 10.5 Å². The van der Waals surface area contributed by atoms with E-state index in [1.54, 1.807) is 31.2 Å². The first kappa shape index (κ1) is 23.1. The van der Waals surface area contributed by atoms with Gasteiger partial charge in [0.2, 0.25) is 0 Å². The third kappa shape index (κ3) is 7.73. The van der Waals surface area contributed by atoms with Gasteiger partial charge in [0.15, 0.2) is 0 Å². The molecule has 0 saturated heterocycles. The molecule has 0 aliphatic heterocycles. The number of esters is 1. The predicted octanol–water partition coefficient (Wildman–Crippen LogP) is 2.53. The highest BCUT2D eigenvalue weighted by Crippen LogP contribution is 2.24. The Kier molecular flexibility index (Phi) is 9.63. The van der Waals surface area contributed by atoms with Gasteiger partial charge < -0.3 is 25.2 Å². The van der Waals surface area contributed by atoms with E-state index in [2.05, 4.69) is 9.89 Å². The number of methoxy groups -OCH3 is 1. The van der Waals surface area contributed by atoms with Gasteiger partial charge in [0.05, 0.1) is 26.4 Å². The molecule has 0 radical (unpaired) electrons. The maximum absolute atomic E-state index is 12.4. The van der Waals surface area contributed by atoms with Gasteiger partial charge in [-0.3, -0.25) is 9.69 Å². The van der Waals surface area contributed by atoms with E-state index in [0.29, 0.717) is 12.2 Å². The van der Waals surface area contributed by atoms with Crippen molar-refractivity contribution < 1.29 is 29.0 Å². The standard InChI is InChI=1S/C19H29N3O6/c1-13(2)12-28-19(24)22(11-18(23)26-4)14(3)15-5-7-16(8-6-15)27-10-9-17(20)21-25/h5-8,13-14,25H,9-12H2,1-4H3,(H2,20,21). The van der Waals surface area contributed by atoms with Crippen LogP contribution in [0.15, 0.2) is 29.4 Å². The molecule has 0 bridgehead atoms. The summed E-state index contributed by atoms with van der Waals surface area (Å²) in [5, 5.41) is 11.4. The Labute approximate surface area is 165 Å². The quantitative estimate of drug-likeness (QED) is 0.205. The molecule has 0 fully saturated rings. The molecule has 1 atom stereocenters. The van der Waals surface area contributed by atoms with Crippen molar-refractivity contribution in [2.75, 3.05) is 26.9 Å².